The van der Waals surface area contributed by atoms with Crippen molar-refractivity contribution in [2.24, 2.45) is 4.99 Å². The molecule has 0 atom stereocenters. The first-order chi connectivity index (χ1) is 15.5. The van der Waals surface area contributed by atoms with Gasteiger partial charge in [0.2, 0.25) is 5.90 Å². The van der Waals surface area contributed by atoms with Gasteiger partial charge in [0.25, 0.3) is 0 Å². The Labute approximate surface area is 198 Å². The second-order valence-electron chi connectivity index (χ2n) is 7.07. The fourth-order valence-corrected chi connectivity index (χ4v) is 4.00. The third-order valence-corrected chi connectivity index (χ3v) is 5.68. The van der Waals surface area contributed by atoms with Crippen molar-refractivity contribution in [3.63, 3.8) is 0 Å². The number of rotatable bonds is 6. The monoisotopic (exact) mass is 543 g/mol. The van der Waals surface area contributed by atoms with Crippen LogP contribution in [0.4, 0.5) is 4.39 Å². The van der Waals surface area contributed by atoms with Crippen molar-refractivity contribution in [3.8, 4) is 11.5 Å². The Kier molecular flexibility index (Phi) is 6.55. The lowest BCUT2D eigenvalue weighted by Crippen LogP contribution is -2.06. The maximum Gasteiger partial charge on any atom is 0.363 e. The summed E-state index contributed by atoms with van der Waals surface area (Å²) in [5.41, 5.74) is 3.08. The number of hydrogen-bond donors (Lipinski definition) is 0. The van der Waals surface area contributed by atoms with E-state index in [0.717, 1.165) is 14.7 Å². The number of carbonyl (C=O) groups excluding carboxylic acids is 1. The molecule has 1 aliphatic heterocycles. The van der Waals surface area contributed by atoms with Gasteiger partial charge in [-0.2, -0.15) is 0 Å². The summed E-state index contributed by atoms with van der Waals surface area (Å²) < 4.78 is 31.4. The number of ether oxygens (including phenoxy) is 3. The number of carbonyl (C=O) groups is 1. The lowest BCUT2D eigenvalue weighted by molar-refractivity contribution is -0.129. The zero-order valence-corrected chi connectivity index (χ0v) is 19.6. The molecule has 0 bridgehead atoms. The molecule has 0 unspecified atom stereocenters. The maximum absolute atomic E-state index is 13.9. The van der Waals surface area contributed by atoms with E-state index in [1.807, 2.05) is 37.3 Å². The minimum atomic E-state index is -0.517. The van der Waals surface area contributed by atoms with Gasteiger partial charge in [0.05, 0.1) is 10.7 Å². The van der Waals surface area contributed by atoms with Gasteiger partial charge in [0, 0.05) is 11.1 Å². The molecule has 0 saturated heterocycles. The summed E-state index contributed by atoms with van der Waals surface area (Å²) in [5.74, 6) is 0.402. The molecule has 0 radical (unpaired) electrons. The quantitative estimate of drug-likeness (QED) is 0.229. The molecule has 32 heavy (non-hydrogen) atoms. The number of nitrogens with zero attached hydrogens (tertiary/aromatic N) is 1. The van der Waals surface area contributed by atoms with E-state index in [1.165, 1.54) is 13.2 Å². The van der Waals surface area contributed by atoms with Crippen molar-refractivity contribution < 1.29 is 23.4 Å². The summed E-state index contributed by atoms with van der Waals surface area (Å²) in [6.07, 6.45) is 1.64. The van der Waals surface area contributed by atoms with E-state index in [9.17, 15) is 9.18 Å². The molecule has 0 saturated carbocycles. The first kappa shape index (κ1) is 22.0. The third-order valence-electron chi connectivity index (χ3n) is 4.88. The Morgan fingerprint density at radius 2 is 1.88 bits per heavy atom. The van der Waals surface area contributed by atoms with Gasteiger partial charge in [-0.15, -0.1) is 0 Å². The zero-order valence-electron chi connectivity index (χ0n) is 17.4. The number of halogens is 2. The first-order valence-corrected chi connectivity index (χ1v) is 10.9. The van der Waals surface area contributed by atoms with Gasteiger partial charge >= 0.3 is 5.97 Å². The lowest BCUT2D eigenvalue weighted by atomic mass is 10.1. The van der Waals surface area contributed by atoms with Crippen molar-refractivity contribution in [1.82, 2.24) is 0 Å². The molecule has 1 aliphatic rings. The largest absolute Gasteiger partial charge is 0.493 e. The van der Waals surface area contributed by atoms with Crippen molar-refractivity contribution in [1.29, 1.82) is 0 Å². The van der Waals surface area contributed by atoms with E-state index in [1.54, 1.807) is 30.3 Å². The smallest absolute Gasteiger partial charge is 0.363 e. The number of esters is 1. The van der Waals surface area contributed by atoms with Crippen LogP contribution >= 0.6 is 22.6 Å². The molecule has 3 aromatic rings. The molecule has 1 heterocycles. The van der Waals surface area contributed by atoms with Gasteiger partial charge in [-0.25, -0.2) is 14.2 Å². The van der Waals surface area contributed by atoms with Crippen LogP contribution < -0.4 is 9.47 Å². The van der Waals surface area contributed by atoms with E-state index in [2.05, 4.69) is 27.6 Å². The third kappa shape index (κ3) is 4.67. The number of cyclic esters (lactones) is 1. The fourth-order valence-electron chi connectivity index (χ4n) is 3.22. The summed E-state index contributed by atoms with van der Waals surface area (Å²) in [6, 6.07) is 17.6. The number of aliphatic imine (C=N–C) groups is 1. The van der Waals surface area contributed by atoms with Crippen molar-refractivity contribution in [3.05, 3.63) is 98.0 Å². The highest BCUT2D eigenvalue weighted by atomic mass is 127. The Morgan fingerprint density at radius 3 is 2.62 bits per heavy atom. The van der Waals surface area contributed by atoms with Crippen LogP contribution in [0.25, 0.3) is 6.08 Å². The molecule has 162 valence electrons. The molecule has 5 nitrogen and oxygen atoms in total. The van der Waals surface area contributed by atoms with Crippen molar-refractivity contribution in [2.75, 3.05) is 7.11 Å². The minimum Gasteiger partial charge on any atom is -0.493 e. The van der Waals surface area contributed by atoms with E-state index in [0.29, 0.717) is 22.6 Å². The molecule has 3 aromatic carbocycles. The van der Waals surface area contributed by atoms with E-state index in [4.69, 9.17) is 14.2 Å². The van der Waals surface area contributed by atoms with Crippen LogP contribution in [0.3, 0.4) is 0 Å². The van der Waals surface area contributed by atoms with Crippen LogP contribution in [0, 0.1) is 16.3 Å². The Hall–Kier alpha value is -3.20. The second kappa shape index (κ2) is 9.52. The van der Waals surface area contributed by atoms with Crippen LogP contribution in [0.5, 0.6) is 11.5 Å². The standard InChI is InChI=1S/C25H19FINO4/c1-15-7-3-5-9-18(15)24-28-21(25(29)32-24)12-16-11-20(27)23(22(13-16)30-2)31-14-17-8-4-6-10-19(17)26/h3-13H,14H2,1-2H3/b21-12-. The van der Waals surface area contributed by atoms with Gasteiger partial charge in [-0.3, -0.25) is 0 Å². The molecule has 0 N–H and O–H groups in total. The van der Waals surface area contributed by atoms with Gasteiger partial charge in [0.1, 0.15) is 12.4 Å². The summed E-state index contributed by atoms with van der Waals surface area (Å²) in [4.78, 5) is 16.8. The van der Waals surface area contributed by atoms with Crippen LogP contribution in [0.1, 0.15) is 22.3 Å². The lowest BCUT2D eigenvalue weighted by Gasteiger charge is -2.14. The molecule has 0 amide bonds. The molecule has 0 aromatic heterocycles. The van der Waals surface area contributed by atoms with Crippen molar-refractivity contribution in [2.45, 2.75) is 13.5 Å². The maximum atomic E-state index is 13.9. The number of aryl methyl sites for hydroxylation is 1. The van der Waals surface area contributed by atoms with Crippen LogP contribution in [0.2, 0.25) is 0 Å². The predicted molar refractivity (Wildman–Crippen MR) is 128 cm³/mol. The molecular formula is C25H19FINO4. The average molecular weight is 543 g/mol. The highest BCUT2D eigenvalue weighted by Crippen LogP contribution is 2.35. The number of methoxy groups -OCH3 is 1. The number of benzene rings is 3. The topological polar surface area (TPSA) is 57.1 Å². The van der Waals surface area contributed by atoms with E-state index in [-0.39, 0.29) is 24.0 Å². The highest BCUT2D eigenvalue weighted by molar-refractivity contribution is 14.1. The van der Waals surface area contributed by atoms with Crippen molar-refractivity contribution >= 4 is 40.5 Å². The molecule has 4 rings (SSSR count). The van der Waals surface area contributed by atoms with Gasteiger partial charge in [0.15, 0.2) is 17.2 Å². The molecule has 7 heteroatoms. The Bertz CT molecular complexity index is 1250. The summed E-state index contributed by atoms with van der Waals surface area (Å²) >= 11 is 2.12. The molecule has 0 spiro atoms. The first-order valence-electron chi connectivity index (χ1n) is 9.78. The molecule has 0 aliphatic carbocycles. The van der Waals surface area contributed by atoms with E-state index < -0.39 is 5.97 Å². The van der Waals surface area contributed by atoms with Crippen LogP contribution in [-0.4, -0.2) is 19.0 Å². The van der Waals surface area contributed by atoms with Gasteiger partial charge in [-0.05, 0) is 71.0 Å². The number of hydrogen-bond acceptors (Lipinski definition) is 5. The second-order valence-corrected chi connectivity index (χ2v) is 8.23. The summed E-state index contributed by atoms with van der Waals surface area (Å²) in [6.45, 7) is 2.00. The van der Waals surface area contributed by atoms with E-state index >= 15 is 0 Å². The Morgan fingerprint density at radius 1 is 1.12 bits per heavy atom. The summed E-state index contributed by atoms with van der Waals surface area (Å²) in [7, 11) is 1.52. The molecular weight excluding hydrogens is 524 g/mol. The normalized spacial score (nSPS) is 14.3. The SMILES string of the molecule is COc1cc(/C=C2\N=C(c3ccccc3C)OC2=O)cc(I)c1OCc1ccccc1F. The highest BCUT2D eigenvalue weighted by Gasteiger charge is 2.25. The van der Waals surface area contributed by atoms with Gasteiger partial charge < -0.3 is 14.2 Å². The minimum absolute atomic E-state index is 0.0654. The fraction of sp³-hybridized carbons (Fsp3) is 0.120. The average Bonchev–Trinajstić information content (AvgIpc) is 3.14. The van der Waals surface area contributed by atoms with Crippen LogP contribution in [0.15, 0.2) is 71.4 Å². The zero-order chi connectivity index (χ0) is 22.7. The molecule has 0 fully saturated rings. The predicted octanol–water partition coefficient (Wildman–Crippen LogP) is 5.67. The van der Waals surface area contributed by atoms with Crippen LogP contribution in [-0.2, 0) is 16.1 Å². The summed E-state index contributed by atoms with van der Waals surface area (Å²) in [5, 5.41) is 0. The van der Waals surface area contributed by atoms with Gasteiger partial charge in [-0.1, -0.05) is 36.4 Å². The Balaban J connectivity index is 1.61.